The zero-order valence-corrected chi connectivity index (χ0v) is 9.64. The molecule has 0 aromatic heterocycles. The van der Waals surface area contributed by atoms with Crippen molar-refractivity contribution in [3.05, 3.63) is 35.9 Å². The van der Waals surface area contributed by atoms with Gasteiger partial charge in [0.2, 0.25) is 0 Å². The van der Waals surface area contributed by atoms with Crippen molar-refractivity contribution in [2.24, 2.45) is 0 Å². The first-order valence-corrected chi connectivity index (χ1v) is 2.59. The van der Waals surface area contributed by atoms with Crippen molar-refractivity contribution >= 4 is 55.6 Å². The Balaban J connectivity index is -0.000000101. The van der Waals surface area contributed by atoms with E-state index in [0.29, 0.717) is 5.56 Å². The number of benzene rings is 1. The molecule has 0 bridgehead atoms. The molecule has 0 saturated heterocycles. The van der Waals surface area contributed by atoms with E-state index in [1.54, 1.807) is 30.3 Å². The maximum absolute atomic E-state index is 10.2. The molecule has 0 radical (unpaired) electrons. The molecule has 0 aliphatic rings. The Hall–Kier alpha value is -0.150. The van der Waals surface area contributed by atoms with Crippen molar-refractivity contribution in [2.45, 2.75) is 0 Å². The van der Waals surface area contributed by atoms with Crippen LogP contribution < -0.4 is 0 Å². The van der Waals surface area contributed by atoms with Gasteiger partial charge in [-0.1, -0.05) is 18.2 Å². The molecule has 0 saturated carbocycles. The largest absolute Gasteiger partial charge is 0.478 e. The lowest BCUT2D eigenvalue weighted by atomic mass is 10.2. The third kappa shape index (κ3) is 8.19. The summed E-state index contributed by atoms with van der Waals surface area (Å²) in [5.74, 6) is -0.879. The molecule has 1 rings (SSSR count). The fraction of sp³-hybridized carbons (Fsp3) is 0. The lowest BCUT2D eigenvalue weighted by Crippen LogP contribution is -1.93. The number of carboxylic acids is 1. The van der Waals surface area contributed by atoms with Gasteiger partial charge in [-0.15, -0.1) is 49.6 Å². The minimum absolute atomic E-state index is 0. The number of hydrogen-bond donors (Lipinski definition) is 1. The first-order valence-electron chi connectivity index (χ1n) is 2.59. The topological polar surface area (TPSA) is 37.3 Å². The Bertz CT molecular complexity index is 215. The summed E-state index contributed by atoms with van der Waals surface area (Å²) in [4.78, 5) is 10.2. The van der Waals surface area contributed by atoms with Crippen molar-refractivity contribution in [1.82, 2.24) is 0 Å². The third-order valence-corrected chi connectivity index (χ3v) is 1.02. The van der Waals surface area contributed by atoms with Gasteiger partial charge >= 0.3 is 5.97 Å². The normalized spacial score (nSPS) is 6.15. The second-order valence-corrected chi connectivity index (χ2v) is 1.67. The molecule has 13 heavy (non-hydrogen) atoms. The molecule has 0 atom stereocenters. The first-order chi connectivity index (χ1) is 4.30. The molecule has 6 heteroatoms. The molecule has 0 fully saturated rings. The van der Waals surface area contributed by atoms with E-state index in [4.69, 9.17) is 5.11 Å². The van der Waals surface area contributed by atoms with Gasteiger partial charge in [-0.2, -0.15) is 0 Å². The second-order valence-electron chi connectivity index (χ2n) is 1.67. The third-order valence-electron chi connectivity index (χ3n) is 1.02. The Morgan fingerprint density at radius 3 is 1.54 bits per heavy atom. The molecule has 0 aliphatic heterocycles. The minimum Gasteiger partial charge on any atom is -0.478 e. The monoisotopic (exact) mass is 266 g/mol. The number of carbonyl (C=O) groups is 1. The predicted octanol–water partition coefficient (Wildman–Crippen LogP) is 3.07. The second kappa shape index (κ2) is 11.8. The van der Waals surface area contributed by atoms with Crippen LogP contribution in [0.3, 0.4) is 0 Å². The van der Waals surface area contributed by atoms with Crippen LogP contribution in [0.25, 0.3) is 0 Å². The van der Waals surface area contributed by atoms with Crippen LogP contribution >= 0.6 is 49.6 Å². The summed E-state index contributed by atoms with van der Waals surface area (Å²) in [5, 5.41) is 8.38. The number of aromatic carboxylic acids is 1. The lowest BCUT2D eigenvalue weighted by Gasteiger charge is -1.88. The van der Waals surface area contributed by atoms with Crippen molar-refractivity contribution in [3.63, 3.8) is 0 Å². The van der Waals surface area contributed by atoms with E-state index in [2.05, 4.69) is 0 Å². The Labute approximate surface area is 101 Å². The molecule has 0 aliphatic carbocycles. The highest BCUT2D eigenvalue weighted by molar-refractivity contribution is 5.87. The van der Waals surface area contributed by atoms with Gasteiger partial charge in [0.15, 0.2) is 0 Å². The van der Waals surface area contributed by atoms with E-state index in [1.165, 1.54) is 0 Å². The zero-order valence-electron chi connectivity index (χ0n) is 6.38. The van der Waals surface area contributed by atoms with Gasteiger partial charge in [0.25, 0.3) is 0 Å². The average Bonchev–Trinajstić information content (AvgIpc) is 1.90. The fourth-order valence-corrected chi connectivity index (χ4v) is 0.581. The molecule has 78 valence electrons. The van der Waals surface area contributed by atoms with Crippen LogP contribution in [0.4, 0.5) is 0 Å². The Morgan fingerprint density at radius 1 is 0.923 bits per heavy atom. The number of carboxylic acid groups (broad SMARTS) is 1. The van der Waals surface area contributed by atoms with Gasteiger partial charge < -0.3 is 5.11 Å². The summed E-state index contributed by atoms with van der Waals surface area (Å²) >= 11 is 0. The Morgan fingerprint density at radius 2 is 1.31 bits per heavy atom. The zero-order chi connectivity index (χ0) is 6.69. The molecule has 1 N–H and O–H groups in total. The van der Waals surface area contributed by atoms with Gasteiger partial charge in [0, 0.05) is 0 Å². The van der Waals surface area contributed by atoms with Crippen molar-refractivity contribution < 1.29 is 9.90 Å². The van der Waals surface area contributed by atoms with E-state index in [0.717, 1.165) is 0 Å². The quantitative estimate of drug-likeness (QED) is 0.849. The summed E-state index contributed by atoms with van der Waals surface area (Å²) in [6.07, 6.45) is 0. The minimum atomic E-state index is -0.879. The standard InChI is InChI=1S/C7H6O2.4ClH/c8-7(9)6-4-2-1-3-5-6;;;;/h1-5H,(H,8,9);4*1H. The van der Waals surface area contributed by atoms with Gasteiger partial charge in [-0.3, -0.25) is 0 Å². The van der Waals surface area contributed by atoms with Gasteiger partial charge in [0.05, 0.1) is 5.56 Å². The average molecular weight is 268 g/mol. The number of rotatable bonds is 1. The highest BCUT2D eigenvalue weighted by atomic mass is 35.5. The van der Waals surface area contributed by atoms with Crippen molar-refractivity contribution in [3.8, 4) is 0 Å². The van der Waals surface area contributed by atoms with Gasteiger partial charge in [-0.25, -0.2) is 4.79 Å². The molecule has 0 amide bonds. The van der Waals surface area contributed by atoms with Crippen LogP contribution in [0.2, 0.25) is 0 Å². The maximum atomic E-state index is 10.2. The highest BCUT2D eigenvalue weighted by Crippen LogP contribution is 1.96. The van der Waals surface area contributed by atoms with Gasteiger partial charge in [-0.05, 0) is 12.1 Å². The van der Waals surface area contributed by atoms with Crippen LogP contribution in [0.1, 0.15) is 10.4 Å². The highest BCUT2D eigenvalue weighted by Gasteiger charge is 1.96. The van der Waals surface area contributed by atoms with E-state index in [1.807, 2.05) is 0 Å². The predicted molar refractivity (Wildman–Crippen MR) is 62.4 cm³/mol. The molecule has 0 heterocycles. The lowest BCUT2D eigenvalue weighted by molar-refractivity contribution is 0.0697. The molecule has 1 aromatic rings. The summed E-state index contributed by atoms with van der Waals surface area (Å²) in [6.45, 7) is 0. The summed E-state index contributed by atoms with van der Waals surface area (Å²) in [6, 6.07) is 8.30. The van der Waals surface area contributed by atoms with E-state index in [-0.39, 0.29) is 49.6 Å². The van der Waals surface area contributed by atoms with Gasteiger partial charge in [0.1, 0.15) is 0 Å². The molecule has 0 unspecified atom stereocenters. The van der Waals surface area contributed by atoms with Crippen LogP contribution in [0.5, 0.6) is 0 Å². The molecule has 2 nitrogen and oxygen atoms in total. The van der Waals surface area contributed by atoms with Crippen LogP contribution in [0, 0.1) is 0 Å². The smallest absolute Gasteiger partial charge is 0.335 e. The fourth-order valence-electron chi connectivity index (χ4n) is 0.581. The molecule has 1 aromatic carbocycles. The summed E-state index contributed by atoms with van der Waals surface area (Å²) in [7, 11) is 0. The first kappa shape index (κ1) is 23.0. The molecule has 0 spiro atoms. The van der Waals surface area contributed by atoms with Crippen molar-refractivity contribution in [1.29, 1.82) is 0 Å². The van der Waals surface area contributed by atoms with Crippen molar-refractivity contribution in [2.75, 3.05) is 0 Å². The molecular formula is C7H10Cl4O2. The maximum Gasteiger partial charge on any atom is 0.335 e. The van der Waals surface area contributed by atoms with Crippen LogP contribution in [-0.2, 0) is 0 Å². The number of hydrogen-bond acceptors (Lipinski definition) is 1. The van der Waals surface area contributed by atoms with Crippen LogP contribution in [-0.4, -0.2) is 11.1 Å². The SMILES string of the molecule is Cl.Cl.Cl.Cl.O=C(O)c1ccccc1. The van der Waals surface area contributed by atoms with E-state index < -0.39 is 5.97 Å². The van der Waals surface area contributed by atoms with E-state index in [9.17, 15) is 4.79 Å². The Kier molecular flexibility index (Phi) is 21.0. The van der Waals surface area contributed by atoms with E-state index >= 15 is 0 Å². The van der Waals surface area contributed by atoms with Crippen LogP contribution in [0.15, 0.2) is 30.3 Å². The molecular weight excluding hydrogens is 258 g/mol. The summed E-state index contributed by atoms with van der Waals surface area (Å²) < 4.78 is 0. The summed E-state index contributed by atoms with van der Waals surface area (Å²) in [5.41, 5.74) is 0.331. The number of halogens is 4.